The van der Waals surface area contributed by atoms with E-state index in [2.05, 4.69) is 27.3 Å². The van der Waals surface area contributed by atoms with Crippen molar-refractivity contribution >= 4 is 17.5 Å². The Bertz CT molecular complexity index is 1450. The Morgan fingerprint density at radius 3 is 2.77 bits per heavy atom. The monoisotopic (exact) mass is 473 g/mol. The van der Waals surface area contributed by atoms with Crippen molar-refractivity contribution in [2.75, 3.05) is 11.9 Å². The van der Waals surface area contributed by atoms with Crippen LogP contribution in [0.4, 0.5) is 5.82 Å². The average Bonchev–Trinajstić information content (AvgIpc) is 3.54. The number of hydrogen-bond donors (Lipinski definition) is 1. The fraction of sp³-hybridized carbons (Fsp3) is 0.400. The van der Waals surface area contributed by atoms with Crippen molar-refractivity contribution in [3.05, 3.63) is 59.9 Å². The molecule has 0 radical (unpaired) electrons. The largest absolute Gasteiger partial charge is 0.474 e. The molecule has 4 aromatic rings. The number of anilines is 1. The fourth-order valence-corrected chi connectivity index (χ4v) is 5.17. The first-order valence-corrected chi connectivity index (χ1v) is 11.7. The number of rotatable bonds is 6. The Balaban J connectivity index is 1.30. The lowest BCUT2D eigenvalue weighted by atomic mass is 9.62. The third-order valence-corrected chi connectivity index (χ3v) is 6.65. The van der Waals surface area contributed by atoms with Crippen LogP contribution in [-0.2, 0) is 10.2 Å². The molecule has 2 aliphatic heterocycles. The molecule has 1 N–H and O–H groups in total. The second kappa shape index (κ2) is 7.61. The van der Waals surface area contributed by atoms with Crippen LogP contribution in [0.25, 0.3) is 11.5 Å². The van der Waals surface area contributed by atoms with Crippen molar-refractivity contribution in [1.82, 2.24) is 29.1 Å². The van der Waals surface area contributed by atoms with Gasteiger partial charge in [0.25, 0.3) is 5.91 Å². The molecule has 4 aromatic heterocycles. The van der Waals surface area contributed by atoms with Crippen molar-refractivity contribution < 1.29 is 14.3 Å². The highest BCUT2D eigenvalue weighted by molar-refractivity contribution is 6.05. The Hall–Kier alpha value is -3.79. The number of nitrogens with zero attached hydrogens (tertiary/aromatic N) is 6. The van der Waals surface area contributed by atoms with Gasteiger partial charge in [0.1, 0.15) is 5.56 Å². The van der Waals surface area contributed by atoms with Crippen LogP contribution in [-0.4, -0.2) is 53.4 Å². The van der Waals surface area contributed by atoms with Crippen molar-refractivity contribution in [1.29, 1.82) is 0 Å². The molecule has 2 saturated heterocycles. The number of ether oxygens (including phenoxy) is 2. The van der Waals surface area contributed by atoms with E-state index in [1.54, 1.807) is 33.7 Å². The van der Waals surface area contributed by atoms with E-state index in [-0.39, 0.29) is 28.9 Å². The number of pyridine rings is 1. The van der Waals surface area contributed by atoms with Gasteiger partial charge in [0.2, 0.25) is 11.7 Å². The maximum atomic E-state index is 13.3. The molecule has 7 rings (SSSR count). The molecular weight excluding hydrogens is 446 g/mol. The van der Waals surface area contributed by atoms with Gasteiger partial charge in [-0.2, -0.15) is 10.1 Å². The second-order valence-electron chi connectivity index (χ2n) is 10.1. The number of amides is 1. The number of fused-ring (bicyclic) bond motifs is 2. The molecule has 0 atom stereocenters. The lowest BCUT2D eigenvalue weighted by Gasteiger charge is -2.41. The highest BCUT2D eigenvalue weighted by atomic mass is 16.5. The minimum Gasteiger partial charge on any atom is -0.474 e. The van der Waals surface area contributed by atoms with E-state index in [0.29, 0.717) is 23.8 Å². The van der Waals surface area contributed by atoms with Crippen LogP contribution in [0, 0.1) is 6.92 Å². The molecule has 3 aliphatic rings. The standard InChI is InChI=1S/C25H27N7O3/c1-15(2)35-22-18(21(33)28-20-6-8-32(30-20)17-5-7-26-16(3)9-17)10-31-11-19(27-23(31)29-22)25-12-24(4,13-25)34-14-25/h5-11,15H,12-14H2,1-4H3,(H,28,30,33). The van der Waals surface area contributed by atoms with Crippen LogP contribution in [0.1, 0.15) is 55.4 Å². The van der Waals surface area contributed by atoms with Gasteiger partial charge >= 0.3 is 0 Å². The summed E-state index contributed by atoms with van der Waals surface area (Å²) < 4.78 is 15.3. The summed E-state index contributed by atoms with van der Waals surface area (Å²) in [6, 6.07) is 5.51. The summed E-state index contributed by atoms with van der Waals surface area (Å²) >= 11 is 0. The van der Waals surface area contributed by atoms with Gasteiger partial charge in [-0.05, 0) is 52.7 Å². The first-order valence-electron chi connectivity index (χ1n) is 11.7. The zero-order valence-corrected chi connectivity index (χ0v) is 20.1. The molecule has 0 spiro atoms. The maximum absolute atomic E-state index is 13.3. The summed E-state index contributed by atoms with van der Waals surface area (Å²) in [5.41, 5.74) is 2.88. The van der Waals surface area contributed by atoms with Gasteiger partial charge in [0, 0.05) is 42.0 Å². The van der Waals surface area contributed by atoms with Crippen LogP contribution < -0.4 is 10.1 Å². The summed E-state index contributed by atoms with van der Waals surface area (Å²) in [7, 11) is 0. The summed E-state index contributed by atoms with van der Waals surface area (Å²) in [6.45, 7) is 8.51. The molecule has 10 nitrogen and oxygen atoms in total. The topological polar surface area (TPSA) is 108 Å². The van der Waals surface area contributed by atoms with Crippen molar-refractivity contribution in [2.24, 2.45) is 0 Å². The van der Waals surface area contributed by atoms with Gasteiger partial charge in [0.15, 0.2) is 5.82 Å². The van der Waals surface area contributed by atoms with Crippen LogP contribution in [0.3, 0.4) is 0 Å². The van der Waals surface area contributed by atoms with E-state index >= 15 is 0 Å². The zero-order chi connectivity index (χ0) is 24.4. The lowest BCUT2D eigenvalue weighted by Crippen LogP contribution is -2.45. The number of aromatic nitrogens is 6. The normalized spacial score (nSPS) is 23.0. The minimum absolute atomic E-state index is 0.0431. The fourth-order valence-electron chi connectivity index (χ4n) is 5.17. The molecule has 3 fully saturated rings. The second-order valence-corrected chi connectivity index (χ2v) is 10.1. The summed E-state index contributed by atoms with van der Waals surface area (Å²) in [4.78, 5) is 26.9. The lowest BCUT2D eigenvalue weighted by molar-refractivity contribution is 0.0154. The van der Waals surface area contributed by atoms with Crippen LogP contribution in [0.15, 0.2) is 43.0 Å². The molecule has 1 amide bonds. The van der Waals surface area contributed by atoms with Crippen LogP contribution in [0.2, 0.25) is 0 Å². The summed E-state index contributed by atoms with van der Waals surface area (Å²) in [5.74, 6) is 0.798. The average molecular weight is 474 g/mol. The number of imidazole rings is 1. The molecule has 6 heterocycles. The maximum Gasteiger partial charge on any atom is 0.263 e. The molecule has 35 heavy (non-hydrogen) atoms. The SMILES string of the molecule is Cc1cc(-n2ccc(NC(=O)c3cn4cc(C56COC(C)(C5)C6)nc4nc3OC(C)C)n2)ccn1. The van der Waals surface area contributed by atoms with Gasteiger partial charge in [-0.3, -0.25) is 14.2 Å². The summed E-state index contributed by atoms with van der Waals surface area (Å²) in [6.07, 6.45) is 8.93. The van der Waals surface area contributed by atoms with Gasteiger partial charge in [-0.1, -0.05) is 0 Å². The van der Waals surface area contributed by atoms with Crippen molar-refractivity contribution in [3.63, 3.8) is 0 Å². The number of carbonyl (C=O) groups excluding carboxylic acids is 1. The minimum atomic E-state index is -0.361. The molecule has 10 heteroatoms. The van der Waals surface area contributed by atoms with E-state index in [1.807, 2.05) is 39.1 Å². The number of aryl methyl sites for hydroxylation is 1. The van der Waals surface area contributed by atoms with Gasteiger partial charge in [-0.25, -0.2) is 9.67 Å². The quantitative estimate of drug-likeness (QED) is 0.457. The van der Waals surface area contributed by atoms with Gasteiger partial charge < -0.3 is 14.8 Å². The molecular formula is C25H27N7O3. The predicted molar refractivity (Wildman–Crippen MR) is 128 cm³/mol. The smallest absolute Gasteiger partial charge is 0.263 e. The molecule has 0 aromatic carbocycles. The molecule has 1 saturated carbocycles. The number of carbonyl (C=O) groups is 1. The van der Waals surface area contributed by atoms with E-state index < -0.39 is 0 Å². The highest BCUT2D eigenvalue weighted by Gasteiger charge is 2.61. The molecule has 0 unspecified atom stereocenters. The van der Waals surface area contributed by atoms with E-state index in [1.165, 1.54) is 0 Å². The highest BCUT2D eigenvalue weighted by Crippen LogP contribution is 2.58. The Morgan fingerprint density at radius 1 is 1.23 bits per heavy atom. The van der Waals surface area contributed by atoms with Crippen LogP contribution in [0.5, 0.6) is 5.88 Å². The number of nitrogens with one attached hydrogen (secondary N) is 1. The molecule has 1 aliphatic carbocycles. The van der Waals surface area contributed by atoms with Gasteiger partial charge in [0.05, 0.1) is 29.7 Å². The van der Waals surface area contributed by atoms with E-state index in [0.717, 1.165) is 29.9 Å². The van der Waals surface area contributed by atoms with Crippen molar-refractivity contribution in [2.45, 2.75) is 57.7 Å². The van der Waals surface area contributed by atoms with E-state index in [9.17, 15) is 4.79 Å². The zero-order valence-electron chi connectivity index (χ0n) is 20.1. The third kappa shape index (κ3) is 3.74. The number of hydrogen-bond acceptors (Lipinski definition) is 7. The Morgan fingerprint density at radius 2 is 2.06 bits per heavy atom. The Labute approximate surface area is 202 Å². The first-order chi connectivity index (χ1) is 16.7. The third-order valence-electron chi connectivity index (χ3n) is 6.65. The van der Waals surface area contributed by atoms with Gasteiger partial charge in [-0.15, -0.1) is 0 Å². The first kappa shape index (κ1) is 21.7. The van der Waals surface area contributed by atoms with Crippen LogP contribution >= 0.6 is 0 Å². The molecule has 2 bridgehead atoms. The molecule has 180 valence electrons. The Kier molecular flexibility index (Phi) is 4.72. The predicted octanol–water partition coefficient (Wildman–Crippen LogP) is 3.48. The summed E-state index contributed by atoms with van der Waals surface area (Å²) in [5, 5.41) is 7.34. The van der Waals surface area contributed by atoms with E-state index in [4.69, 9.17) is 14.5 Å². The van der Waals surface area contributed by atoms with Crippen molar-refractivity contribution in [3.8, 4) is 11.6 Å².